The molecule has 0 aromatic rings. The molecule has 1 rings (SSSR count). The predicted molar refractivity (Wildman–Crippen MR) is 57.5 cm³/mol. The summed E-state index contributed by atoms with van der Waals surface area (Å²) in [5.41, 5.74) is -0.239. The maximum Gasteiger partial charge on any atom is 0.365 e. The molecule has 0 radical (unpaired) electrons. The van der Waals surface area contributed by atoms with Gasteiger partial charge in [-0.15, -0.1) is 0 Å². The van der Waals surface area contributed by atoms with Gasteiger partial charge in [0, 0.05) is 0 Å². The van der Waals surface area contributed by atoms with Crippen LogP contribution in [-0.2, 0) is 19.1 Å². The summed E-state index contributed by atoms with van der Waals surface area (Å²) in [6, 6.07) is 0. The number of hydrogen-bond acceptors (Lipinski definition) is 6. The molecule has 0 unspecified atom stereocenters. The van der Waals surface area contributed by atoms with Crippen LogP contribution in [0.4, 0.5) is 0 Å². The van der Waals surface area contributed by atoms with Crippen molar-refractivity contribution in [3.63, 3.8) is 0 Å². The Hall–Kier alpha value is -1.59. The molecule has 0 aromatic carbocycles. The van der Waals surface area contributed by atoms with Crippen molar-refractivity contribution in [1.29, 1.82) is 5.41 Å². The Kier molecular flexibility index (Phi) is 4.75. The Bertz CT molecular complexity index is 277. The van der Waals surface area contributed by atoms with Gasteiger partial charge in [-0.25, -0.2) is 4.79 Å². The highest BCUT2D eigenvalue weighted by Crippen LogP contribution is 2.21. The maximum atomic E-state index is 11.3. The van der Waals surface area contributed by atoms with Gasteiger partial charge in [-0.05, 0) is 25.7 Å². The zero-order valence-electron chi connectivity index (χ0n) is 9.49. The van der Waals surface area contributed by atoms with Crippen molar-refractivity contribution in [3.05, 3.63) is 0 Å². The minimum atomic E-state index is -0.732. The van der Waals surface area contributed by atoms with E-state index in [1.54, 1.807) is 0 Å². The number of methoxy groups -OCH3 is 2. The van der Waals surface area contributed by atoms with E-state index in [1.165, 1.54) is 14.2 Å². The summed E-state index contributed by atoms with van der Waals surface area (Å²) in [5.74, 6) is -1.09. The van der Waals surface area contributed by atoms with E-state index in [0.717, 1.165) is 25.7 Å². The van der Waals surface area contributed by atoms with Crippen LogP contribution in [0.1, 0.15) is 25.7 Å². The number of carbonyl (C=O) groups excluding carboxylic acids is 1. The third-order valence-electron chi connectivity index (χ3n) is 2.39. The molecular formula is C10H16N2O4. The van der Waals surface area contributed by atoms with Crippen LogP contribution in [0.5, 0.6) is 0 Å². The smallest absolute Gasteiger partial charge is 0.365 e. The third kappa shape index (κ3) is 3.22. The number of hydrogen-bond donors (Lipinski definition) is 1. The number of oxime groups is 1. The third-order valence-corrected chi connectivity index (χ3v) is 2.39. The Morgan fingerprint density at radius 2 is 1.88 bits per heavy atom. The molecule has 0 amide bonds. The van der Waals surface area contributed by atoms with Crippen molar-refractivity contribution < 1.29 is 19.1 Å². The number of nitrogens with one attached hydrogen (secondary N) is 1. The molecule has 90 valence electrons. The second-order valence-corrected chi connectivity index (χ2v) is 3.48. The summed E-state index contributed by atoms with van der Waals surface area (Å²) >= 11 is 0. The number of ether oxygens (including phenoxy) is 2. The van der Waals surface area contributed by atoms with Crippen LogP contribution >= 0.6 is 0 Å². The lowest BCUT2D eigenvalue weighted by atomic mass is 10.3. The van der Waals surface area contributed by atoms with Gasteiger partial charge in [0.1, 0.15) is 6.10 Å². The highest BCUT2D eigenvalue weighted by atomic mass is 16.6. The number of esters is 1. The fraction of sp³-hybridized carbons (Fsp3) is 0.700. The quantitative estimate of drug-likeness (QED) is 0.338. The molecule has 0 heterocycles. The minimum Gasteiger partial charge on any atom is -0.480 e. The van der Waals surface area contributed by atoms with Crippen molar-refractivity contribution in [1.82, 2.24) is 0 Å². The lowest BCUT2D eigenvalue weighted by molar-refractivity contribution is -0.132. The van der Waals surface area contributed by atoms with Crippen LogP contribution in [0, 0.1) is 5.41 Å². The maximum absolute atomic E-state index is 11.3. The average molecular weight is 228 g/mol. The summed E-state index contributed by atoms with van der Waals surface area (Å²) in [4.78, 5) is 16.4. The lowest BCUT2D eigenvalue weighted by Gasteiger charge is -2.08. The standard InChI is InChI=1S/C10H16N2O4/c1-14-9(11)8(10(13)15-2)12-16-7-5-3-4-6-7/h7,11H,3-6H2,1-2H3. The average Bonchev–Trinajstić information content (AvgIpc) is 2.81. The van der Waals surface area contributed by atoms with E-state index in [4.69, 9.17) is 10.2 Å². The van der Waals surface area contributed by atoms with E-state index in [2.05, 4.69) is 14.6 Å². The molecule has 6 heteroatoms. The van der Waals surface area contributed by atoms with E-state index in [0.29, 0.717) is 0 Å². The molecule has 6 nitrogen and oxygen atoms in total. The van der Waals surface area contributed by atoms with Gasteiger partial charge in [0.25, 0.3) is 0 Å². The van der Waals surface area contributed by atoms with Gasteiger partial charge in [0.05, 0.1) is 14.2 Å². The van der Waals surface area contributed by atoms with E-state index < -0.39 is 5.97 Å². The van der Waals surface area contributed by atoms with E-state index in [9.17, 15) is 4.79 Å². The fourth-order valence-electron chi connectivity index (χ4n) is 1.49. The highest BCUT2D eigenvalue weighted by Gasteiger charge is 2.22. The zero-order chi connectivity index (χ0) is 12.0. The summed E-state index contributed by atoms with van der Waals surface area (Å²) in [5, 5.41) is 11.0. The monoisotopic (exact) mass is 228 g/mol. The second kappa shape index (κ2) is 6.09. The van der Waals surface area contributed by atoms with Crippen molar-refractivity contribution >= 4 is 17.6 Å². The molecule has 1 N–H and O–H groups in total. The molecule has 1 aliphatic carbocycles. The zero-order valence-corrected chi connectivity index (χ0v) is 9.49. The molecule has 0 atom stereocenters. The summed E-state index contributed by atoms with van der Waals surface area (Å²) in [6.07, 6.45) is 4.10. The van der Waals surface area contributed by atoms with Gasteiger partial charge < -0.3 is 14.3 Å². The predicted octanol–water partition coefficient (Wildman–Crippen LogP) is 1.10. The number of nitrogens with zero attached hydrogens (tertiary/aromatic N) is 1. The second-order valence-electron chi connectivity index (χ2n) is 3.48. The first-order valence-electron chi connectivity index (χ1n) is 5.14. The van der Waals surface area contributed by atoms with Gasteiger partial charge in [0.15, 0.2) is 0 Å². The van der Waals surface area contributed by atoms with E-state index in [-0.39, 0.29) is 17.7 Å². The van der Waals surface area contributed by atoms with Gasteiger partial charge in [-0.1, -0.05) is 5.16 Å². The molecule has 0 aromatic heterocycles. The Balaban J connectivity index is 2.63. The first-order valence-corrected chi connectivity index (χ1v) is 5.14. The minimum absolute atomic E-state index is 0.0318. The van der Waals surface area contributed by atoms with Crippen LogP contribution in [-0.4, -0.2) is 37.9 Å². The van der Waals surface area contributed by atoms with Crippen LogP contribution < -0.4 is 0 Å². The number of carbonyl (C=O) groups is 1. The molecule has 0 aliphatic heterocycles. The molecule has 1 saturated carbocycles. The lowest BCUT2D eigenvalue weighted by Crippen LogP contribution is -2.27. The highest BCUT2D eigenvalue weighted by molar-refractivity contribution is 6.63. The first kappa shape index (κ1) is 12.5. The molecule has 0 saturated heterocycles. The molecular weight excluding hydrogens is 212 g/mol. The van der Waals surface area contributed by atoms with Crippen LogP contribution in [0.25, 0.3) is 0 Å². The van der Waals surface area contributed by atoms with Crippen molar-refractivity contribution in [3.8, 4) is 0 Å². The Labute approximate surface area is 94.1 Å². The van der Waals surface area contributed by atoms with Gasteiger partial charge >= 0.3 is 5.97 Å². The topological polar surface area (TPSA) is 81.0 Å². The van der Waals surface area contributed by atoms with E-state index in [1.807, 2.05) is 0 Å². The molecule has 1 aliphatic rings. The van der Waals surface area contributed by atoms with Crippen molar-refractivity contribution in [2.45, 2.75) is 31.8 Å². The Morgan fingerprint density at radius 1 is 1.25 bits per heavy atom. The molecule has 16 heavy (non-hydrogen) atoms. The summed E-state index contributed by atoms with van der Waals surface area (Å²) < 4.78 is 9.10. The fourth-order valence-corrected chi connectivity index (χ4v) is 1.49. The largest absolute Gasteiger partial charge is 0.480 e. The molecule has 0 spiro atoms. The number of rotatable bonds is 4. The molecule has 0 bridgehead atoms. The summed E-state index contributed by atoms with van der Waals surface area (Å²) in [6.45, 7) is 0. The van der Waals surface area contributed by atoms with Gasteiger partial charge in [0.2, 0.25) is 11.6 Å². The van der Waals surface area contributed by atoms with E-state index >= 15 is 0 Å². The Morgan fingerprint density at radius 3 is 2.38 bits per heavy atom. The first-order chi connectivity index (χ1) is 7.69. The van der Waals surface area contributed by atoms with Gasteiger partial charge in [-0.3, -0.25) is 5.41 Å². The van der Waals surface area contributed by atoms with Crippen LogP contribution in [0.2, 0.25) is 0 Å². The van der Waals surface area contributed by atoms with Crippen molar-refractivity contribution in [2.24, 2.45) is 5.16 Å². The SMILES string of the molecule is COC(=N)C(=NOC1CCCC1)C(=O)OC. The normalized spacial score (nSPS) is 17.0. The molecule has 1 fully saturated rings. The van der Waals surface area contributed by atoms with Crippen molar-refractivity contribution in [2.75, 3.05) is 14.2 Å². The van der Waals surface area contributed by atoms with Gasteiger partial charge in [-0.2, -0.15) is 0 Å². The van der Waals surface area contributed by atoms with Crippen LogP contribution in [0.15, 0.2) is 5.16 Å². The summed E-state index contributed by atoms with van der Waals surface area (Å²) in [7, 11) is 2.51. The van der Waals surface area contributed by atoms with Crippen LogP contribution in [0.3, 0.4) is 0 Å².